The van der Waals surface area contributed by atoms with E-state index in [0.717, 1.165) is 31.6 Å². The number of ether oxygens (including phenoxy) is 1. The van der Waals surface area contributed by atoms with Gasteiger partial charge in [0.25, 0.3) is 0 Å². The minimum atomic E-state index is 0.0730. The summed E-state index contributed by atoms with van der Waals surface area (Å²) in [5, 5.41) is 4.47. The molecule has 0 saturated carbocycles. The molecular weight excluding hydrogens is 329 g/mol. The molecule has 116 valence electrons. The molecule has 0 spiro atoms. The summed E-state index contributed by atoms with van der Waals surface area (Å²) in [5.41, 5.74) is 1.00. The van der Waals surface area contributed by atoms with Crippen molar-refractivity contribution >= 4 is 40.9 Å². The topological polar surface area (TPSA) is 38.3 Å². The largest absolute Gasteiger partial charge is 0.381 e. The van der Waals surface area contributed by atoms with E-state index >= 15 is 0 Å². The average molecular weight is 348 g/mol. The Hall–Kier alpha value is -0.420. The highest BCUT2D eigenvalue weighted by Crippen LogP contribution is 2.34. The SMILES string of the molecule is C[C@H](SCC(=O)NC1CCOCC1)c1ccc(Cl)cc1Cl. The van der Waals surface area contributed by atoms with E-state index in [4.69, 9.17) is 27.9 Å². The van der Waals surface area contributed by atoms with Gasteiger partial charge in [-0.15, -0.1) is 11.8 Å². The Morgan fingerprint density at radius 2 is 2.14 bits per heavy atom. The van der Waals surface area contributed by atoms with Gasteiger partial charge in [0.2, 0.25) is 5.91 Å². The fraction of sp³-hybridized carbons (Fsp3) is 0.533. The summed E-state index contributed by atoms with van der Waals surface area (Å²) in [6.07, 6.45) is 1.80. The van der Waals surface area contributed by atoms with Crippen molar-refractivity contribution in [3.05, 3.63) is 33.8 Å². The molecule has 0 aromatic heterocycles. The third-order valence-electron chi connectivity index (χ3n) is 3.45. The van der Waals surface area contributed by atoms with Crippen LogP contribution in [0.2, 0.25) is 10.0 Å². The average Bonchev–Trinajstić information content (AvgIpc) is 2.46. The number of thioether (sulfide) groups is 1. The molecular formula is C15H19Cl2NO2S. The van der Waals surface area contributed by atoms with E-state index < -0.39 is 0 Å². The molecule has 1 atom stereocenters. The van der Waals surface area contributed by atoms with Gasteiger partial charge >= 0.3 is 0 Å². The highest BCUT2D eigenvalue weighted by Gasteiger charge is 2.17. The lowest BCUT2D eigenvalue weighted by molar-refractivity contribution is -0.119. The second-order valence-corrected chi connectivity index (χ2v) is 7.25. The van der Waals surface area contributed by atoms with Gasteiger partial charge < -0.3 is 10.1 Å². The molecule has 1 N–H and O–H groups in total. The van der Waals surface area contributed by atoms with Crippen LogP contribution in [-0.2, 0) is 9.53 Å². The Kier molecular flexibility index (Phi) is 6.68. The van der Waals surface area contributed by atoms with E-state index in [2.05, 4.69) is 5.32 Å². The first kappa shape index (κ1) is 16.9. The minimum absolute atomic E-state index is 0.0730. The smallest absolute Gasteiger partial charge is 0.230 e. The summed E-state index contributed by atoms with van der Waals surface area (Å²) < 4.78 is 5.28. The normalized spacial score (nSPS) is 17.5. The maximum absolute atomic E-state index is 12.0. The molecule has 1 saturated heterocycles. The summed E-state index contributed by atoms with van der Waals surface area (Å²) in [7, 11) is 0. The Balaban J connectivity index is 1.80. The second kappa shape index (κ2) is 8.28. The monoisotopic (exact) mass is 347 g/mol. The van der Waals surface area contributed by atoms with Crippen LogP contribution in [0.4, 0.5) is 0 Å². The van der Waals surface area contributed by atoms with E-state index in [9.17, 15) is 4.79 Å². The molecule has 1 aliphatic rings. The Labute approximate surface area is 139 Å². The third-order valence-corrected chi connectivity index (χ3v) is 5.20. The number of halogens is 2. The van der Waals surface area contributed by atoms with Gasteiger partial charge in [0.15, 0.2) is 0 Å². The molecule has 2 rings (SSSR count). The summed E-state index contributed by atoms with van der Waals surface area (Å²) >= 11 is 13.7. The van der Waals surface area contributed by atoms with Crippen molar-refractivity contribution in [1.82, 2.24) is 5.32 Å². The summed E-state index contributed by atoms with van der Waals surface area (Å²) in [5.74, 6) is 0.501. The zero-order chi connectivity index (χ0) is 15.2. The third kappa shape index (κ3) is 5.37. The summed E-state index contributed by atoms with van der Waals surface area (Å²) in [4.78, 5) is 12.0. The van der Waals surface area contributed by atoms with Crippen molar-refractivity contribution in [2.24, 2.45) is 0 Å². The maximum Gasteiger partial charge on any atom is 0.230 e. The zero-order valence-electron chi connectivity index (χ0n) is 11.9. The minimum Gasteiger partial charge on any atom is -0.381 e. The van der Waals surface area contributed by atoms with Gasteiger partial charge in [-0.1, -0.05) is 29.3 Å². The molecule has 1 fully saturated rings. The molecule has 1 aromatic rings. The molecule has 3 nitrogen and oxygen atoms in total. The van der Waals surface area contributed by atoms with E-state index in [0.29, 0.717) is 15.8 Å². The molecule has 0 bridgehead atoms. The lowest BCUT2D eigenvalue weighted by Gasteiger charge is -2.23. The van der Waals surface area contributed by atoms with Crippen molar-refractivity contribution in [3.8, 4) is 0 Å². The first-order chi connectivity index (χ1) is 10.1. The number of hydrogen-bond donors (Lipinski definition) is 1. The molecule has 1 aliphatic heterocycles. The second-order valence-electron chi connectivity index (χ2n) is 5.07. The standard InChI is InChI=1S/C15H19Cl2NO2S/c1-10(13-3-2-11(16)8-14(13)17)21-9-15(19)18-12-4-6-20-7-5-12/h2-3,8,10,12H,4-7,9H2,1H3,(H,18,19)/t10-/m0/s1. The van der Waals surface area contributed by atoms with Crippen molar-refractivity contribution in [1.29, 1.82) is 0 Å². The number of benzene rings is 1. The number of hydrogen-bond acceptors (Lipinski definition) is 3. The Bertz CT molecular complexity index is 493. The van der Waals surface area contributed by atoms with Crippen LogP contribution in [0.25, 0.3) is 0 Å². The van der Waals surface area contributed by atoms with Crippen LogP contribution in [0.3, 0.4) is 0 Å². The molecule has 1 amide bonds. The van der Waals surface area contributed by atoms with E-state index in [1.807, 2.05) is 19.1 Å². The maximum atomic E-state index is 12.0. The van der Waals surface area contributed by atoms with Crippen molar-refractivity contribution in [2.75, 3.05) is 19.0 Å². The Morgan fingerprint density at radius 1 is 1.43 bits per heavy atom. The van der Waals surface area contributed by atoms with Crippen LogP contribution in [0.1, 0.15) is 30.6 Å². The summed E-state index contributed by atoms with van der Waals surface area (Å²) in [6, 6.07) is 5.72. The van der Waals surface area contributed by atoms with E-state index in [1.54, 1.807) is 17.8 Å². The number of carbonyl (C=O) groups excluding carboxylic acids is 1. The van der Waals surface area contributed by atoms with Crippen LogP contribution >= 0.6 is 35.0 Å². The van der Waals surface area contributed by atoms with Crippen LogP contribution in [-0.4, -0.2) is 30.9 Å². The van der Waals surface area contributed by atoms with Gasteiger partial charge in [-0.25, -0.2) is 0 Å². The van der Waals surface area contributed by atoms with Gasteiger partial charge in [0.05, 0.1) is 5.75 Å². The highest BCUT2D eigenvalue weighted by molar-refractivity contribution is 8.00. The van der Waals surface area contributed by atoms with Crippen LogP contribution < -0.4 is 5.32 Å². The first-order valence-electron chi connectivity index (χ1n) is 7.00. The van der Waals surface area contributed by atoms with Gasteiger partial charge in [-0.2, -0.15) is 0 Å². The fourth-order valence-electron chi connectivity index (χ4n) is 2.23. The van der Waals surface area contributed by atoms with Crippen molar-refractivity contribution in [3.63, 3.8) is 0 Å². The number of nitrogens with one attached hydrogen (secondary N) is 1. The van der Waals surface area contributed by atoms with Crippen LogP contribution in [0.15, 0.2) is 18.2 Å². The summed E-state index contributed by atoms with van der Waals surface area (Å²) in [6.45, 7) is 3.51. The molecule has 1 heterocycles. The highest BCUT2D eigenvalue weighted by atomic mass is 35.5. The fourth-order valence-corrected chi connectivity index (χ4v) is 3.74. The molecule has 21 heavy (non-hydrogen) atoms. The molecule has 0 aliphatic carbocycles. The number of rotatable bonds is 5. The van der Waals surface area contributed by atoms with E-state index in [-0.39, 0.29) is 17.2 Å². The van der Waals surface area contributed by atoms with Gasteiger partial charge in [0, 0.05) is 34.6 Å². The lowest BCUT2D eigenvalue weighted by atomic mass is 10.1. The first-order valence-corrected chi connectivity index (χ1v) is 8.80. The predicted octanol–water partition coefficient (Wildman–Crippen LogP) is 4.08. The number of amides is 1. The van der Waals surface area contributed by atoms with Gasteiger partial charge in [-0.3, -0.25) is 4.79 Å². The molecule has 6 heteroatoms. The zero-order valence-corrected chi connectivity index (χ0v) is 14.2. The van der Waals surface area contributed by atoms with Crippen LogP contribution in [0, 0.1) is 0 Å². The lowest BCUT2D eigenvalue weighted by Crippen LogP contribution is -2.39. The molecule has 0 unspecified atom stereocenters. The molecule has 0 radical (unpaired) electrons. The van der Waals surface area contributed by atoms with E-state index in [1.165, 1.54) is 0 Å². The van der Waals surface area contributed by atoms with Gasteiger partial charge in [0.1, 0.15) is 0 Å². The van der Waals surface area contributed by atoms with Crippen molar-refractivity contribution < 1.29 is 9.53 Å². The quantitative estimate of drug-likeness (QED) is 0.871. The number of carbonyl (C=O) groups is 1. The Morgan fingerprint density at radius 3 is 2.81 bits per heavy atom. The molecule has 1 aromatic carbocycles. The predicted molar refractivity (Wildman–Crippen MR) is 89.3 cm³/mol. The van der Waals surface area contributed by atoms with Gasteiger partial charge in [-0.05, 0) is 37.5 Å². The van der Waals surface area contributed by atoms with Crippen molar-refractivity contribution in [2.45, 2.75) is 31.1 Å². The van der Waals surface area contributed by atoms with Crippen LogP contribution in [0.5, 0.6) is 0 Å².